The minimum Gasteiger partial charge on any atom is -0.411 e. The zero-order valence-corrected chi connectivity index (χ0v) is 16.9. The molecule has 0 spiro atoms. The van der Waals surface area contributed by atoms with Gasteiger partial charge in [-0.2, -0.15) is 0 Å². The zero-order valence-electron chi connectivity index (χ0n) is 16.1. The summed E-state index contributed by atoms with van der Waals surface area (Å²) in [7, 11) is 0. The largest absolute Gasteiger partial charge is 0.411 e. The molecule has 0 saturated carbocycles. The lowest BCUT2D eigenvalue weighted by Crippen LogP contribution is -2.40. The third-order valence-corrected chi connectivity index (χ3v) is 5.53. The first-order valence-corrected chi connectivity index (χ1v) is 10.2. The highest BCUT2D eigenvalue weighted by molar-refractivity contribution is 7.99. The molecule has 2 heterocycles. The van der Waals surface area contributed by atoms with Gasteiger partial charge in [0.25, 0.3) is 5.22 Å². The number of hydrogen-bond donors (Lipinski definition) is 1. The van der Waals surface area contributed by atoms with E-state index < -0.39 is 0 Å². The second-order valence-corrected chi connectivity index (χ2v) is 7.79. The van der Waals surface area contributed by atoms with Crippen LogP contribution < -0.4 is 10.2 Å². The van der Waals surface area contributed by atoms with Crippen molar-refractivity contribution in [1.82, 2.24) is 10.2 Å². The topological polar surface area (TPSA) is 88.3 Å². The molecule has 29 heavy (non-hydrogen) atoms. The van der Waals surface area contributed by atoms with Gasteiger partial charge in [-0.1, -0.05) is 42.1 Å². The Balaban J connectivity index is 1.50. The quantitative estimate of drug-likeness (QED) is 0.659. The van der Waals surface area contributed by atoms with Gasteiger partial charge in [-0.25, -0.2) is 0 Å². The molecule has 2 aromatic carbocycles. The molecular weight excluding hydrogens is 388 g/mol. The number of nitrogens with one attached hydrogen (secondary N) is 1. The van der Waals surface area contributed by atoms with Crippen molar-refractivity contribution in [3.05, 3.63) is 54.1 Å². The summed E-state index contributed by atoms with van der Waals surface area (Å²) < 4.78 is 5.73. The van der Waals surface area contributed by atoms with E-state index in [1.165, 1.54) is 11.8 Å². The third-order valence-electron chi connectivity index (χ3n) is 4.73. The highest BCUT2D eigenvalue weighted by Gasteiger charge is 2.29. The smallest absolute Gasteiger partial charge is 0.277 e. The molecule has 0 unspecified atom stereocenters. The number of nitrogens with zero attached hydrogens (tertiary/aromatic N) is 3. The summed E-state index contributed by atoms with van der Waals surface area (Å²) in [6, 6.07) is 14.8. The van der Waals surface area contributed by atoms with Gasteiger partial charge in [0.15, 0.2) is 0 Å². The fourth-order valence-corrected chi connectivity index (χ4v) is 3.97. The Bertz CT molecular complexity index is 1070. The van der Waals surface area contributed by atoms with Gasteiger partial charge in [-0.05, 0) is 37.6 Å². The lowest BCUT2D eigenvalue weighted by atomic mass is 10.1. The second kappa shape index (κ2) is 8.08. The normalized spacial score (nSPS) is 16.1. The Morgan fingerprint density at radius 1 is 1.21 bits per heavy atom. The van der Waals surface area contributed by atoms with Crippen molar-refractivity contribution in [2.45, 2.75) is 31.5 Å². The summed E-state index contributed by atoms with van der Waals surface area (Å²) >= 11 is 1.19. The Morgan fingerprint density at radius 3 is 2.79 bits per heavy atom. The van der Waals surface area contributed by atoms with Gasteiger partial charge in [-0.15, -0.1) is 10.2 Å². The molecule has 1 aromatic heterocycles. The first-order valence-electron chi connectivity index (χ1n) is 9.26. The van der Waals surface area contributed by atoms with Crippen molar-refractivity contribution in [1.29, 1.82) is 0 Å². The molecule has 2 amide bonds. The van der Waals surface area contributed by atoms with Crippen LogP contribution in [0.15, 0.2) is 58.2 Å². The highest BCUT2D eigenvalue weighted by atomic mass is 32.2. The number of aryl methyl sites for hydroxylation is 1. The van der Waals surface area contributed by atoms with Crippen LogP contribution in [0.25, 0.3) is 11.5 Å². The van der Waals surface area contributed by atoms with Crippen LogP contribution in [0.1, 0.15) is 18.9 Å². The number of benzene rings is 2. The van der Waals surface area contributed by atoms with E-state index in [9.17, 15) is 9.59 Å². The molecule has 7 nitrogen and oxygen atoms in total. The molecule has 1 atom stereocenters. The fourth-order valence-electron chi connectivity index (χ4n) is 3.35. The summed E-state index contributed by atoms with van der Waals surface area (Å²) in [5.41, 5.74) is 3.25. The minimum absolute atomic E-state index is 0.104. The summed E-state index contributed by atoms with van der Waals surface area (Å²) in [4.78, 5) is 26.8. The standard InChI is InChI=1S/C21H20N4O3S/c1-13-7-3-4-8-15(13)20-23-24-21(28-20)29-12-19(27)25-14(2)11-18(26)22-16-9-5-6-10-17(16)25/h3-10,14H,11-12H2,1-2H3,(H,22,26)/t14-/m1/s1. The fraction of sp³-hybridized carbons (Fsp3) is 0.238. The van der Waals surface area contributed by atoms with Crippen molar-refractivity contribution in [2.24, 2.45) is 0 Å². The van der Waals surface area contributed by atoms with Crippen molar-refractivity contribution in [3.63, 3.8) is 0 Å². The molecule has 1 aliphatic heterocycles. The van der Waals surface area contributed by atoms with E-state index >= 15 is 0 Å². The number of para-hydroxylation sites is 2. The number of fused-ring (bicyclic) bond motifs is 1. The van der Waals surface area contributed by atoms with Crippen molar-refractivity contribution < 1.29 is 14.0 Å². The van der Waals surface area contributed by atoms with Crippen LogP contribution in [0.4, 0.5) is 11.4 Å². The summed E-state index contributed by atoms with van der Waals surface area (Å²) in [5.74, 6) is 0.332. The van der Waals surface area contributed by atoms with Gasteiger partial charge in [-0.3, -0.25) is 9.59 Å². The number of hydrogen-bond acceptors (Lipinski definition) is 6. The van der Waals surface area contributed by atoms with Gasteiger partial charge in [0.2, 0.25) is 17.7 Å². The summed E-state index contributed by atoms with van der Waals surface area (Å²) in [5, 5.41) is 11.3. The third kappa shape index (κ3) is 4.02. The Morgan fingerprint density at radius 2 is 1.97 bits per heavy atom. The van der Waals surface area contributed by atoms with E-state index in [2.05, 4.69) is 15.5 Å². The molecule has 3 aromatic rings. The SMILES string of the molecule is Cc1ccccc1-c1nnc(SCC(=O)N2c3ccccc3NC(=O)C[C@H]2C)o1. The van der Waals surface area contributed by atoms with E-state index in [0.29, 0.717) is 22.5 Å². The van der Waals surface area contributed by atoms with Crippen molar-refractivity contribution in [2.75, 3.05) is 16.0 Å². The molecule has 0 saturated heterocycles. The summed E-state index contributed by atoms with van der Waals surface area (Å²) in [6.45, 7) is 3.84. The summed E-state index contributed by atoms with van der Waals surface area (Å²) in [6.07, 6.45) is 0.239. The van der Waals surface area contributed by atoms with Gasteiger partial charge < -0.3 is 14.6 Å². The zero-order chi connectivity index (χ0) is 20.4. The Hall–Kier alpha value is -3.13. The maximum Gasteiger partial charge on any atom is 0.277 e. The number of aromatic nitrogens is 2. The minimum atomic E-state index is -0.253. The van der Waals surface area contributed by atoms with E-state index in [0.717, 1.165) is 11.1 Å². The lowest BCUT2D eigenvalue weighted by molar-refractivity contribution is -0.117. The van der Waals surface area contributed by atoms with E-state index in [1.54, 1.807) is 11.0 Å². The number of thioether (sulfide) groups is 1. The predicted molar refractivity (Wildman–Crippen MR) is 112 cm³/mol. The lowest BCUT2D eigenvalue weighted by Gasteiger charge is -2.27. The molecule has 8 heteroatoms. The molecule has 0 aliphatic carbocycles. The van der Waals surface area contributed by atoms with Crippen LogP contribution in [-0.2, 0) is 9.59 Å². The van der Waals surface area contributed by atoms with Crippen LogP contribution in [-0.4, -0.2) is 33.8 Å². The molecular formula is C21H20N4O3S. The Labute approximate surface area is 172 Å². The Kier molecular flexibility index (Phi) is 5.35. The highest BCUT2D eigenvalue weighted by Crippen LogP contribution is 2.32. The first-order chi connectivity index (χ1) is 14.0. The molecule has 1 N–H and O–H groups in total. The molecule has 0 fully saturated rings. The number of amides is 2. The predicted octanol–water partition coefficient (Wildman–Crippen LogP) is 3.90. The maximum atomic E-state index is 13.0. The van der Waals surface area contributed by atoms with Crippen molar-refractivity contribution in [3.8, 4) is 11.5 Å². The van der Waals surface area contributed by atoms with Gasteiger partial charge in [0.05, 0.1) is 17.1 Å². The average Bonchev–Trinajstić information content (AvgIpc) is 3.12. The van der Waals surface area contributed by atoms with Crippen LogP contribution in [0.2, 0.25) is 0 Å². The van der Waals surface area contributed by atoms with Crippen LogP contribution in [0.3, 0.4) is 0 Å². The molecule has 1 aliphatic rings. The number of carbonyl (C=O) groups excluding carboxylic acids is 2. The molecule has 0 radical (unpaired) electrons. The first kappa shape index (κ1) is 19.2. The monoisotopic (exact) mass is 408 g/mol. The van der Waals surface area contributed by atoms with Gasteiger partial charge in [0, 0.05) is 18.0 Å². The number of anilines is 2. The second-order valence-electron chi connectivity index (χ2n) is 6.86. The van der Waals surface area contributed by atoms with Crippen molar-refractivity contribution >= 4 is 35.0 Å². The molecule has 4 rings (SSSR count). The molecule has 0 bridgehead atoms. The van der Waals surface area contributed by atoms with Gasteiger partial charge >= 0.3 is 0 Å². The van der Waals surface area contributed by atoms with E-state index in [1.807, 2.05) is 56.3 Å². The van der Waals surface area contributed by atoms with E-state index in [4.69, 9.17) is 4.42 Å². The van der Waals surface area contributed by atoms with Crippen LogP contribution in [0.5, 0.6) is 0 Å². The average molecular weight is 408 g/mol. The number of carbonyl (C=O) groups is 2. The van der Waals surface area contributed by atoms with Crippen LogP contribution >= 0.6 is 11.8 Å². The molecule has 148 valence electrons. The maximum absolute atomic E-state index is 13.0. The van der Waals surface area contributed by atoms with Crippen LogP contribution in [0, 0.1) is 6.92 Å². The number of rotatable bonds is 4. The van der Waals surface area contributed by atoms with Gasteiger partial charge in [0.1, 0.15) is 0 Å². The van der Waals surface area contributed by atoms with E-state index in [-0.39, 0.29) is 30.0 Å².